The Morgan fingerprint density at radius 3 is 2.33 bits per heavy atom. The van der Waals surface area contributed by atoms with Gasteiger partial charge in [-0.25, -0.2) is 4.79 Å². The summed E-state index contributed by atoms with van der Waals surface area (Å²) in [5, 5.41) is 16.3. The van der Waals surface area contributed by atoms with Crippen molar-refractivity contribution in [2.45, 2.75) is 76.0 Å². The van der Waals surface area contributed by atoms with Gasteiger partial charge in [-0.15, -0.1) is 6.58 Å². The molecule has 43 heavy (non-hydrogen) atoms. The first-order chi connectivity index (χ1) is 20.5. The van der Waals surface area contributed by atoms with Gasteiger partial charge in [0.15, 0.2) is 8.32 Å². The topological polar surface area (TPSA) is 89.0 Å². The van der Waals surface area contributed by atoms with Crippen molar-refractivity contribution in [2.24, 2.45) is 0 Å². The molecule has 8 heteroatoms. The van der Waals surface area contributed by atoms with Gasteiger partial charge < -0.3 is 29.6 Å². The molecule has 0 saturated heterocycles. The second-order valence-electron chi connectivity index (χ2n) is 12.7. The zero-order valence-corrected chi connectivity index (χ0v) is 27.0. The van der Waals surface area contributed by atoms with Crippen molar-refractivity contribution in [1.29, 1.82) is 0 Å². The lowest BCUT2D eigenvalue weighted by molar-refractivity contribution is 0.0677. The van der Waals surface area contributed by atoms with Gasteiger partial charge >= 0.3 is 6.09 Å². The molecule has 7 nitrogen and oxygen atoms in total. The molecule has 1 aliphatic rings. The maximum Gasteiger partial charge on any atom is 0.404 e. The molecule has 0 radical (unpaired) electrons. The molecule has 0 spiro atoms. The van der Waals surface area contributed by atoms with Gasteiger partial charge in [-0.3, -0.25) is 0 Å². The summed E-state index contributed by atoms with van der Waals surface area (Å²) in [6, 6.07) is 25.4. The number of rotatable bonds is 14. The molecule has 4 atom stereocenters. The highest BCUT2D eigenvalue weighted by Gasteiger charge is 2.42. The maximum atomic E-state index is 12.0. The fourth-order valence-electron chi connectivity index (χ4n) is 5.22. The van der Waals surface area contributed by atoms with Crippen molar-refractivity contribution in [1.82, 2.24) is 10.6 Å². The molecule has 0 aromatic heterocycles. The molecule has 1 aliphatic carbocycles. The zero-order chi connectivity index (χ0) is 31.0. The molecule has 3 aromatic carbocycles. The Morgan fingerprint density at radius 1 is 1.02 bits per heavy atom. The minimum Gasteiger partial charge on any atom is -0.465 e. The van der Waals surface area contributed by atoms with Crippen LogP contribution in [0, 0.1) is 0 Å². The monoisotopic (exact) mass is 602 g/mol. The third-order valence-corrected chi connectivity index (χ3v) is 13.0. The number of carboxylic acid groups (broad SMARTS) is 1. The summed E-state index contributed by atoms with van der Waals surface area (Å²) in [5.74, 6) is 1.53. The van der Waals surface area contributed by atoms with Gasteiger partial charge in [0.05, 0.1) is 24.9 Å². The zero-order valence-electron chi connectivity index (χ0n) is 26.0. The van der Waals surface area contributed by atoms with Crippen molar-refractivity contribution in [3.05, 3.63) is 108 Å². The van der Waals surface area contributed by atoms with Crippen LogP contribution in [-0.2, 0) is 15.6 Å². The summed E-state index contributed by atoms with van der Waals surface area (Å²) >= 11 is 0. The van der Waals surface area contributed by atoms with Gasteiger partial charge in [-0.05, 0) is 71.9 Å². The highest BCUT2D eigenvalue weighted by atomic mass is 28.4. The van der Waals surface area contributed by atoms with Crippen LogP contribution in [0.3, 0.4) is 0 Å². The molecule has 0 fully saturated rings. The maximum absolute atomic E-state index is 12.0. The number of fused-ring (bicyclic) bond motifs is 1. The predicted octanol–water partition coefficient (Wildman–Crippen LogP) is 8.03. The molecule has 0 heterocycles. The molecular weight excluding hydrogens is 556 g/mol. The summed E-state index contributed by atoms with van der Waals surface area (Å²) < 4.78 is 19.3. The largest absolute Gasteiger partial charge is 0.465 e. The number of para-hydroxylation sites is 1. The number of carbonyl (C=O) groups is 1. The second kappa shape index (κ2) is 14.4. The van der Waals surface area contributed by atoms with E-state index >= 15 is 0 Å². The smallest absolute Gasteiger partial charge is 0.404 e. The predicted molar refractivity (Wildman–Crippen MR) is 174 cm³/mol. The van der Waals surface area contributed by atoms with E-state index in [0.29, 0.717) is 19.6 Å². The molecule has 4 rings (SSSR count). The molecule has 230 valence electrons. The lowest BCUT2D eigenvalue weighted by Crippen LogP contribution is -2.55. The summed E-state index contributed by atoms with van der Waals surface area (Å²) in [4.78, 5) is 12.0. The van der Waals surface area contributed by atoms with Gasteiger partial charge in [0, 0.05) is 12.6 Å². The Bertz CT molecular complexity index is 1340. The van der Waals surface area contributed by atoms with Crippen LogP contribution in [0.1, 0.15) is 56.0 Å². The second-order valence-corrected chi connectivity index (χ2v) is 17.4. The van der Waals surface area contributed by atoms with E-state index in [0.717, 1.165) is 34.6 Å². The van der Waals surface area contributed by atoms with Crippen molar-refractivity contribution in [3.8, 4) is 11.5 Å². The molecular formula is C35H46N2O5Si. The average Bonchev–Trinajstić information content (AvgIpc) is 3.30. The fourth-order valence-corrected chi connectivity index (χ4v) is 6.58. The van der Waals surface area contributed by atoms with Gasteiger partial charge in [-0.2, -0.15) is 0 Å². The van der Waals surface area contributed by atoms with Gasteiger partial charge in [-0.1, -0.05) is 81.4 Å². The van der Waals surface area contributed by atoms with E-state index in [1.165, 1.54) is 0 Å². The molecule has 3 unspecified atom stereocenters. The van der Waals surface area contributed by atoms with Gasteiger partial charge in [0.1, 0.15) is 11.5 Å². The Kier molecular flexibility index (Phi) is 10.8. The number of nitrogens with one attached hydrogen (secondary N) is 2. The van der Waals surface area contributed by atoms with E-state index in [9.17, 15) is 9.90 Å². The van der Waals surface area contributed by atoms with Crippen LogP contribution < -0.4 is 15.4 Å². The van der Waals surface area contributed by atoms with Crippen LogP contribution >= 0.6 is 0 Å². The number of hydrogen-bond donors (Lipinski definition) is 3. The van der Waals surface area contributed by atoms with Crippen molar-refractivity contribution in [2.75, 3.05) is 13.2 Å². The average molecular weight is 603 g/mol. The number of hydrogen-bond acceptors (Lipinski definition) is 5. The fraction of sp³-hybridized carbons (Fsp3) is 0.400. The van der Waals surface area contributed by atoms with Gasteiger partial charge in [0.2, 0.25) is 0 Å². The lowest BCUT2D eigenvalue weighted by Gasteiger charge is -2.42. The van der Waals surface area contributed by atoms with E-state index in [-0.39, 0.29) is 17.2 Å². The van der Waals surface area contributed by atoms with Crippen molar-refractivity contribution in [3.63, 3.8) is 0 Å². The van der Waals surface area contributed by atoms with Crippen LogP contribution in [0.25, 0.3) is 0 Å². The van der Waals surface area contributed by atoms with Crippen molar-refractivity contribution < 1.29 is 23.8 Å². The highest BCUT2D eigenvalue weighted by Crippen LogP contribution is 2.43. The van der Waals surface area contributed by atoms with E-state index < -0.39 is 26.6 Å². The lowest BCUT2D eigenvalue weighted by atomic mass is 10.0. The first-order valence-electron chi connectivity index (χ1n) is 15.0. The molecule has 0 bridgehead atoms. The van der Waals surface area contributed by atoms with Gasteiger partial charge in [0.25, 0.3) is 0 Å². The van der Waals surface area contributed by atoms with Crippen LogP contribution in [0.2, 0.25) is 18.1 Å². The Labute approximate surface area is 257 Å². The SMILES string of the molecule is C=CCOC1CC(NC[C@@H](O[Si](C)(C)C(C)(C)C)C(Cc2ccccc2)NC(=O)O)c2cc(Oc3ccccc3)ccc21. The van der Waals surface area contributed by atoms with Crippen LogP contribution in [-0.4, -0.2) is 44.8 Å². The standard InChI is InChI=1S/C35H46N2O5Si/c1-7-20-40-32-23-30(29-22-27(18-19-28(29)32)41-26-16-12-9-13-17-26)36-24-33(42-43(5,6)35(2,3)4)31(37-34(38)39)21-25-14-10-8-11-15-25/h7-19,22,30-33,36-37H,1,20-21,23-24H2,2-6H3,(H,38,39)/t30?,31?,32?,33-/m1/s1. The minimum absolute atomic E-state index is 0.0307. The quantitative estimate of drug-likeness (QED) is 0.128. The summed E-state index contributed by atoms with van der Waals surface area (Å²) in [5.41, 5.74) is 3.28. The third kappa shape index (κ3) is 8.80. The first-order valence-corrected chi connectivity index (χ1v) is 17.9. The summed E-state index contributed by atoms with van der Waals surface area (Å²) in [7, 11) is -2.26. The highest BCUT2D eigenvalue weighted by molar-refractivity contribution is 6.74. The molecule has 3 aromatic rings. The van der Waals surface area contributed by atoms with E-state index in [2.05, 4.69) is 63.2 Å². The molecule has 0 aliphatic heterocycles. The minimum atomic E-state index is -2.26. The van der Waals surface area contributed by atoms with E-state index in [4.69, 9.17) is 13.9 Å². The molecule has 1 amide bonds. The Hall–Kier alpha value is -3.43. The first kappa shape index (κ1) is 32.5. The summed E-state index contributed by atoms with van der Waals surface area (Å²) in [6.07, 6.45) is 1.49. The Morgan fingerprint density at radius 2 is 1.70 bits per heavy atom. The molecule has 0 saturated carbocycles. The van der Waals surface area contributed by atoms with E-state index in [1.54, 1.807) is 6.08 Å². The third-order valence-electron chi connectivity index (χ3n) is 8.50. The number of ether oxygens (including phenoxy) is 2. The van der Waals surface area contributed by atoms with Crippen LogP contribution in [0.5, 0.6) is 11.5 Å². The molecule has 3 N–H and O–H groups in total. The Balaban J connectivity index is 1.62. The number of benzene rings is 3. The van der Waals surface area contributed by atoms with Crippen LogP contribution in [0.4, 0.5) is 4.79 Å². The number of amides is 1. The normalized spacial score (nSPS) is 18.0. The van der Waals surface area contributed by atoms with E-state index in [1.807, 2.05) is 66.7 Å². The van der Waals surface area contributed by atoms with Crippen LogP contribution in [0.15, 0.2) is 91.5 Å². The van der Waals surface area contributed by atoms with Crippen molar-refractivity contribution >= 4 is 14.4 Å². The summed E-state index contributed by atoms with van der Waals surface area (Å²) in [6.45, 7) is 15.7.